The Labute approximate surface area is 115 Å². The largest absolute Gasteiger partial charge is 0.328 e. The molecule has 94 valence electrons. The summed E-state index contributed by atoms with van der Waals surface area (Å²) in [6, 6.07) is 4.75. The second kappa shape index (κ2) is 5.20. The van der Waals surface area contributed by atoms with Crippen molar-refractivity contribution in [3.63, 3.8) is 0 Å². The summed E-state index contributed by atoms with van der Waals surface area (Å²) in [5.41, 5.74) is 1.05. The molecule has 1 saturated carbocycles. The van der Waals surface area contributed by atoms with Gasteiger partial charge in [-0.05, 0) is 40.9 Å². The fourth-order valence-electron chi connectivity index (χ4n) is 1.85. The van der Waals surface area contributed by atoms with Gasteiger partial charge in [-0.25, -0.2) is 4.98 Å². The fraction of sp³-hybridized carbons (Fsp3) is 0.385. The number of nitrogens with one attached hydrogen (secondary N) is 1. The van der Waals surface area contributed by atoms with Gasteiger partial charge in [-0.3, -0.25) is 4.98 Å². The van der Waals surface area contributed by atoms with Crippen LogP contribution in [0.2, 0.25) is 0 Å². The van der Waals surface area contributed by atoms with E-state index in [1.54, 1.807) is 0 Å². The van der Waals surface area contributed by atoms with Gasteiger partial charge in [0.25, 0.3) is 0 Å². The van der Waals surface area contributed by atoms with E-state index >= 15 is 0 Å². The Hall–Kier alpha value is -1.20. The highest BCUT2D eigenvalue weighted by Crippen LogP contribution is 2.19. The minimum absolute atomic E-state index is 0.709. The molecule has 0 bridgehead atoms. The normalized spacial score (nSPS) is 14.9. The first-order chi connectivity index (χ1) is 8.81. The lowest BCUT2D eigenvalue weighted by Gasteiger charge is -2.08. The molecule has 2 aromatic rings. The monoisotopic (exact) mass is 306 g/mol. The Kier molecular flexibility index (Phi) is 3.43. The van der Waals surface area contributed by atoms with Gasteiger partial charge >= 0.3 is 0 Å². The number of aromatic nitrogens is 3. The summed E-state index contributed by atoms with van der Waals surface area (Å²) in [6.45, 7) is 1.61. The predicted octanol–water partition coefficient (Wildman–Crippen LogP) is 2.34. The minimum Gasteiger partial charge on any atom is -0.328 e. The first-order valence-corrected chi connectivity index (χ1v) is 6.94. The third-order valence-corrected chi connectivity index (χ3v) is 3.52. The molecule has 0 aliphatic heterocycles. The lowest BCUT2D eigenvalue weighted by atomic mass is 10.3. The summed E-state index contributed by atoms with van der Waals surface area (Å²) in [6.07, 6.45) is 8.29. The number of pyridine rings is 1. The van der Waals surface area contributed by atoms with Crippen LogP contribution in [0.3, 0.4) is 0 Å². The molecule has 0 amide bonds. The van der Waals surface area contributed by atoms with Crippen LogP contribution in [0.1, 0.15) is 24.4 Å². The SMILES string of the molecule is Brc1ccc(Cn2ccnc2CNC2CC2)nc1. The summed E-state index contributed by atoms with van der Waals surface area (Å²) in [7, 11) is 0. The average molecular weight is 307 g/mol. The van der Waals surface area contributed by atoms with Gasteiger partial charge in [0.15, 0.2) is 0 Å². The number of nitrogens with zero attached hydrogens (tertiary/aromatic N) is 3. The van der Waals surface area contributed by atoms with Gasteiger partial charge in [-0.1, -0.05) is 0 Å². The van der Waals surface area contributed by atoms with Crippen LogP contribution < -0.4 is 5.32 Å². The van der Waals surface area contributed by atoms with Crippen molar-refractivity contribution in [1.29, 1.82) is 0 Å². The van der Waals surface area contributed by atoms with Crippen molar-refractivity contribution in [3.05, 3.63) is 46.7 Å². The van der Waals surface area contributed by atoms with E-state index in [1.807, 2.05) is 30.7 Å². The van der Waals surface area contributed by atoms with Gasteiger partial charge in [0.1, 0.15) is 5.82 Å². The molecule has 2 heterocycles. The molecule has 2 aromatic heterocycles. The molecule has 0 radical (unpaired) electrons. The van der Waals surface area contributed by atoms with Crippen LogP contribution in [0.15, 0.2) is 35.2 Å². The van der Waals surface area contributed by atoms with Crippen LogP contribution in [-0.2, 0) is 13.1 Å². The Morgan fingerprint density at radius 1 is 1.33 bits per heavy atom. The summed E-state index contributed by atoms with van der Waals surface area (Å²) in [5.74, 6) is 1.08. The molecule has 0 atom stereocenters. The Morgan fingerprint density at radius 2 is 2.22 bits per heavy atom. The van der Waals surface area contributed by atoms with Crippen molar-refractivity contribution in [2.75, 3.05) is 0 Å². The van der Waals surface area contributed by atoms with Crippen LogP contribution in [0, 0.1) is 0 Å². The second-order valence-corrected chi connectivity index (χ2v) is 5.51. The molecular weight excluding hydrogens is 292 g/mol. The van der Waals surface area contributed by atoms with Crippen LogP contribution >= 0.6 is 15.9 Å². The number of hydrogen-bond acceptors (Lipinski definition) is 3. The van der Waals surface area contributed by atoms with Crippen molar-refractivity contribution in [2.24, 2.45) is 0 Å². The minimum atomic E-state index is 0.709. The molecule has 5 heteroatoms. The van der Waals surface area contributed by atoms with Crippen molar-refractivity contribution in [1.82, 2.24) is 19.9 Å². The van der Waals surface area contributed by atoms with Crippen molar-refractivity contribution in [2.45, 2.75) is 32.0 Å². The number of rotatable bonds is 5. The van der Waals surface area contributed by atoms with E-state index in [1.165, 1.54) is 12.8 Å². The maximum Gasteiger partial charge on any atom is 0.123 e. The smallest absolute Gasteiger partial charge is 0.123 e. The van der Waals surface area contributed by atoms with Gasteiger partial charge < -0.3 is 9.88 Å². The summed E-state index contributed by atoms with van der Waals surface area (Å²) < 4.78 is 3.15. The van der Waals surface area contributed by atoms with Crippen LogP contribution in [0.4, 0.5) is 0 Å². The predicted molar refractivity (Wildman–Crippen MR) is 73.1 cm³/mol. The van der Waals surface area contributed by atoms with E-state index in [0.717, 1.165) is 29.1 Å². The molecule has 18 heavy (non-hydrogen) atoms. The van der Waals surface area contributed by atoms with E-state index in [9.17, 15) is 0 Å². The highest BCUT2D eigenvalue weighted by molar-refractivity contribution is 9.10. The van der Waals surface area contributed by atoms with Gasteiger partial charge in [0.2, 0.25) is 0 Å². The first kappa shape index (κ1) is 11.9. The summed E-state index contributed by atoms with van der Waals surface area (Å²) >= 11 is 3.39. The van der Waals surface area contributed by atoms with Crippen molar-refractivity contribution >= 4 is 15.9 Å². The van der Waals surface area contributed by atoms with Gasteiger partial charge in [-0.15, -0.1) is 0 Å². The van der Waals surface area contributed by atoms with E-state index in [-0.39, 0.29) is 0 Å². The second-order valence-electron chi connectivity index (χ2n) is 4.59. The summed E-state index contributed by atoms with van der Waals surface area (Å²) in [4.78, 5) is 8.78. The molecule has 1 N–H and O–H groups in total. The molecule has 0 unspecified atom stereocenters. The lowest BCUT2D eigenvalue weighted by Crippen LogP contribution is -2.19. The Bertz CT molecular complexity index is 516. The maximum atomic E-state index is 4.39. The molecule has 3 rings (SSSR count). The first-order valence-electron chi connectivity index (χ1n) is 6.15. The zero-order valence-corrected chi connectivity index (χ0v) is 11.6. The van der Waals surface area contributed by atoms with Crippen molar-refractivity contribution in [3.8, 4) is 0 Å². The third-order valence-electron chi connectivity index (χ3n) is 3.05. The zero-order valence-electron chi connectivity index (χ0n) is 10.0. The standard InChI is InChI=1S/C13H15BrN4/c14-10-1-2-12(16-7-10)9-18-6-5-15-13(18)8-17-11-3-4-11/h1-2,5-7,11,17H,3-4,8-9H2. The zero-order chi connectivity index (χ0) is 12.4. The molecule has 0 aromatic carbocycles. The Morgan fingerprint density at radius 3 is 2.94 bits per heavy atom. The fourth-order valence-corrected chi connectivity index (χ4v) is 2.08. The summed E-state index contributed by atoms with van der Waals surface area (Å²) in [5, 5.41) is 3.48. The highest BCUT2D eigenvalue weighted by atomic mass is 79.9. The van der Waals surface area contributed by atoms with Gasteiger partial charge in [-0.2, -0.15) is 0 Å². The third kappa shape index (κ3) is 2.97. The van der Waals surface area contributed by atoms with Crippen LogP contribution in [0.5, 0.6) is 0 Å². The maximum absolute atomic E-state index is 4.39. The van der Waals surface area contributed by atoms with Crippen LogP contribution in [-0.4, -0.2) is 20.6 Å². The van der Waals surface area contributed by atoms with Gasteiger partial charge in [0, 0.05) is 29.1 Å². The van der Waals surface area contributed by atoms with Crippen LogP contribution in [0.25, 0.3) is 0 Å². The quantitative estimate of drug-likeness (QED) is 0.922. The van der Waals surface area contributed by atoms with E-state index in [4.69, 9.17) is 0 Å². The van der Waals surface area contributed by atoms with E-state index < -0.39 is 0 Å². The van der Waals surface area contributed by atoms with Gasteiger partial charge in [0.05, 0.1) is 18.8 Å². The molecular formula is C13H15BrN4. The highest BCUT2D eigenvalue weighted by Gasteiger charge is 2.20. The Balaban J connectivity index is 1.67. The van der Waals surface area contributed by atoms with E-state index in [2.05, 4.69) is 35.8 Å². The number of imidazole rings is 1. The van der Waals surface area contributed by atoms with E-state index in [0.29, 0.717) is 6.04 Å². The molecule has 1 fully saturated rings. The molecule has 0 spiro atoms. The molecule has 1 aliphatic carbocycles. The number of halogens is 1. The molecule has 1 aliphatic rings. The molecule has 4 nitrogen and oxygen atoms in total. The lowest BCUT2D eigenvalue weighted by molar-refractivity contribution is 0.615. The molecule has 0 saturated heterocycles. The average Bonchev–Trinajstić information content (AvgIpc) is 3.11. The number of hydrogen-bond donors (Lipinski definition) is 1. The van der Waals surface area contributed by atoms with Crippen molar-refractivity contribution < 1.29 is 0 Å². The topological polar surface area (TPSA) is 42.7 Å².